The van der Waals surface area contributed by atoms with E-state index in [4.69, 9.17) is 10.00 Å². The predicted molar refractivity (Wildman–Crippen MR) is 75.8 cm³/mol. The first-order valence-corrected chi connectivity index (χ1v) is 8.15. The molecule has 2 rings (SSSR count). The number of ether oxygens (including phenoxy) is 1. The third-order valence-electron chi connectivity index (χ3n) is 3.38. The first-order valence-electron chi connectivity index (χ1n) is 6.50. The Balaban J connectivity index is 1.96. The van der Waals surface area contributed by atoms with E-state index in [0.717, 1.165) is 5.56 Å². The fourth-order valence-corrected chi connectivity index (χ4v) is 3.11. The summed E-state index contributed by atoms with van der Waals surface area (Å²) in [5.41, 5.74) is 1.43. The van der Waals surface area contributed by atoms with Gasteiger partial charge in [-0.1, -0.05) is 12.1 Å². The van der Waals surface area contributed by atoms with Crippen LogP contribution in [0.15, 0.2) is 24.3 Å². The molecule has 0 spiro atoms. The molecule has 0 unspecified atom stereocenters. The highest BCUT2D eigenvalue weighted by Crippen LogP contribution is 2.47. The molecule has 0 aliphatic heterocycles. The number of carbonyl (C=O) groups excluding carboxylic acids is 1. The Labute approximate surface area is 123 Å². The fourth-order valence-electron chi connectivity index (χ4n) is 2.17. The van der Waals surface area contributed by atoms with E-state index in [0.29, 0.717) is 12.0 Å². The summed E-state index contributed by atoms with van der Waals surface area (Å²) >= 11 is 0. The largest absolute Gasteiger partial charge is 0.384 e. The van der Waals surface area contributed by atoms with Gasteiger partial charge in [0.2, 0.25) is 15.9 Å². The fraction of sp³-hybridized carbons (Fsp3) is 0.429. The lowest BCUT2D eigenvalue weighted by molar-refractivity contribution is -0.120. The summed E-state index contributed by atoms with van der Waals surface area (Å²) in [4.78, 5) is 11.9. The molecule has 0 heterocycles. The second kappa shape index (κ2) is 6.24. The number of rotatable bonds is 6. The summed E-state index contributed by atoms with van der Waals surface area (Å²) in [6, 6.07) is 9.08. The van der Waals surface area contributed by atoms with Gasteiger partial charge in [0.15, 0.2) is 0 Å². The van der Waals surface area contributed by atoms with Crippen LogP contribution in [-0.2, 0) is 19.6 Å². The first kappa shape index (κ1) is 15.5. The number of hydrogen-bond acceptors (Lipinski definition) is 5. The molecule has 1 N–H and O–H groups in total. The lowest BCUT2D eigenvalue weighted by Gasteiger charge is -2.06. The minimum absolute atomic E-state index is 0.0177. The molecule has 1 aromatic carbocycles. The highest BCUT2D eigenvalue weighted by Gasteiger charge is 2.45. The van der Waals surface area contributed by atoms with Crippen molar-refractivity contribution in [3.05, 3.63) is 35.4 Å². The summed E-state index contributed by atoms with van der Waals surface area (Å²) in [7, 11) is -2.24. The molecule has 2 atom stereocenters. The average Bonchev–Trinajstić information content (AvgIpc) is 3.25. The topological polar surface area (TPSA) is 96.3 Å². The van der Waals surface area contributed by atoms with E-state index in [9.17, 15) is 13.2 Å². The van der Waals surface area contributed by atoms with Crippen LogP contribution in [0.1, 0.15) is 23.5 Å². The molecule has 1 fully saturated rings. The molecule has 0 bridgehead atoms. The molecule has 21 heavy (non-hydrogen) atoms. The molecule has 0 radical (unpaired) electrons. The predicted octanol–water partition coefficient (Wildman–Crippen LogP) is 0.754. The number of carbonyl (C=O) groups is 1. The van der Waals surface area contributed by atoms with Gasteiger partial charge in [-0.3, -0.25) is 9.52 Å². The van der Waals surface area contributed by atoms with Gasteiger partial charge < -0.3 is 4.74 Å². The summed E-state index contributed by atoms with van der Waals surface area (Å²) in [6.45, 7) is 0.0426. The van der Waals surface area contributed by atoms with E-state index >= 15 is 0 Å². The molecule has 0 aromatic heterocycles. The monoisotopic (exact) mass is 308 g/mol. The van der Waals surface area contributed by atoms with Crippen molar-refractivity contribution in [3.63, 3.8) is 0 Å². The van der Waals surface area contributed by atoms with Crippen LogP contribution in [0.4, 0.5) is 0 Å². The van der Waals surface area contributed by atoms with Crippen molar-refractivity contribution in [2.75, 3.05) is 19.5 Å². The van der Waals surface area contributed by atoms with Crippen LogP contribution in [-0.4, -0.2) is 33.8 Å². The second-order valence-electron chi connectivity index (χ2n) is 4.96. The van der Waals surface area contributed by atoms with E-state index in [1.165, 1.54) is 7.11 Å². The first-order chi connectivity index (χ1) is 9.96. The van der Waals surface area contributed by atoms with Crippen molar-refractivity contribution in [2.45, 2.75) is 12.3 Å². The van der Waals surface area contributed by atoms with Gasteiger partial charge in [-0.15, -0.1) is 0 Å². The van der Waals surface area contributed by atoms with E-state index in [1.54, 1.807) is 18.2 Å². The number of nitrogens with zero attached hydrogens (tertiary/aromatic N) is 1. The lowest BCUT2D eigenvalue weighted by atomic mass is 10.1. The Bertz CT molecular complexity index is 678. The van der Waals surface area contributed by atoms with Gasteiger partial charge in [0.1, 0.15) is 0 Å². The molecule has 6 nitrogen and oxygen atoms in total. The molecule has 112 valence electrons. The Morgan fingerprint density at radius 3 is 2.95 bits per heavy atom. The molecule has 1 aromatic rings. The number of methoxy groups -OCH3 is 1. The number of amides is 1. The third kappa shape index (κ3) is 4.03. The summed E-state index contributed by atoms with van der Waals surface area (Å²) < 4.78 is 30.0. The lowest BCUT2D eigenvalue weighted by Crippen LogP contribution is -2.35. The van der Waals surface area contributed by atoms with E-state index in [-0.39, 0.29) is 24.2 Å². The molecule has 1 aliphatic rings. The van der Waals surface area contributed by atoms with Crippen molar-refractivity contribution in [1.29, 1.82) is 5.26 Å². The SMILES string of the molecule is COCCS(=O)(=O)NC(=O)[C@@H]1C[C@H]1c1cccc(C#N)c1. The van der Waals surface area contributed by atoms with Crippen molar-refractivity contribution < 1.29 is 17.9 Å². The standard InChI is InChI=1S/C14H16N2O4S/c1-20-5-6-21(18,19)16-14(17)13-8-12(13)11-4-2-3-10(7-11)9-15/h2-4,7,12-13H,5-6,8H2,1H3,(H,16,17)/t12-,13+/m0/s1. The minimum Gasteiger partial charge on any atom is -0.384 e. The van der Waals surface area contributed by atoms with Crippen LogP contribution in [0.5, 0.6) is 0 Å². The maximum absolute atomic E-state index is 11.9. The van der Waals surface area contributed by atoms with E-state index in [2.05, 4.69) is 4.72 Å². The highest BCUT2D eigenvalue weighted by atomic mass is 32.2. The minimum atomic E-state index is -3.64. The number of benzene rings is 1. The number of nitrogens with one attached hydrogen (secondary N) is 1. The number of nitriles is 1. The molecule has 0 saturated heterocycles. The molecule has 1 amide bonds. The summed E-state index contributed by atoms with van der Waals surface area (Å²) in [6.07, 6.45) is 0.598. The average molecular weight is 308 g/mol. The van der Waals surface area contributed by atoms with Crippen LogP contribution in [0.3, 0.4) is 0 Å². The van der Waals surface area contributed by atoms with Crippen molar-refractivity contribution in [2.24, 2.45) is 5.92 Å². The molecular formula is C14H16N2O4S. The number of sulfonamides is 1. The van der Waals surface area contributed by atoms with Crippen molar-refractivity contribution in [3.8, 4) is 6.07 Å². The van der Waals surface area contributed by atoms with Crippen LogP contribution in [0.25, 0.3) is 0 Å². The second-order valence-corrected chi connectivity index (χ2v) is 6.81. The summed E-state index contributed by atoms with van der Waals surface area (Å²) in [5.74, 6) is -1.10. The van der Waals surface area contributed by atoms with Gasteiger partial charge >= 0.3 is 0 Å². The van der Waals surface area contributed by atoms with Crippen molar-refractivity contribution >= 4 is 15.9 Å². The molecule has 7 heteroatoms. The van der Waals surface area contributed by atoms with E-state index < -0.39 is 15.9 Å². The van der Waals surface area contributed by atoms with Gasteiger partial charge in [0.25, 0.3) is 0 Å². The normalized spacial score (nSPS) is 20.6. The van der Waals surface area contributed by atoms with Gasteiger partial charge in [0.05, 0.1) is 24.0 Å². The maximum atomic E-state index is 11.9. The molecule has 1 aliphatic carbocycles. The zero-order valence-corrected chi connectivity index (χ0v) is 12.4. The Morgan fingerprint density at radius 2 is 2.29 bits per heavy atom. The zero-order chi connectivity index (χ0) is 15.5. The molecular weight excluding hydrogens is 292 g/mol. The van der Waals surface area contributed by atoms with Gasteiger partial charge in [0, 0.05) is 13.0 Å². The summed E-state index contributed by atoms with van der Waals surface area (Å²) in [5, 5.41) is 8.85. The Hall–Kier alpha value is -1.91. The quantitative estimate of drug-likeness (QED) is 0.836. The van der Waals surface area contributed by atoms with Crippen molar-refractivity contribution in [1.82, 2.24) is 4.72 Å². The Morgan fingerprint density at radius 1 is 1.52 bits per heavy atom. The van der Waals surface area contributed by atoms with E-state index in [1.807, 2.05) is 12.1 Å². The van der Waals surface area contributed by atoms with Gasteiger partial charge in [-0.2, -0.15) is 5.26 Å². The third-order valence-corrected chi connectivity index (χ3v) is 4.60. The van der Waals surface area contributed by atoms with Crippen LogP contribution in [0.2, 0.25) is 0 Å². The smallest absolute Gasteiger partial charge is 0.237 e. The maximum Gasteiger partial charge on any atom is 0.237 e. The van der Waals surface area contributed by atoms with Crippen LogP contribution >= 0.6 is 0 Å². The Kier molecular flexibility index (Phi) is 4.60. The number of hydrogen-bond donors (Lipinski definition) is 1. The molecule has 1 saturated carbocycles. The van der Waals surface area contributed by atoms with Gasteiger partial charge in [-0.25, -0.2) is 8.42 Å². The zero-order valence-electron chi connectivity index (χ0n) is 11.6. The van der Waals surface area contributed by atoms with Gasteiger partial charge in [-0.05, 0) is 30.0 Å². The highest BCUT2D eigenvalue weighted by molar-refractivity contribution is 7.90. The van der Waals surface area contributed by atoms with Crippen LogP contribution in [0, 0.1) is 17.2 Å². The van der Waals surface area contributed by atoms with Crippen LogP contribution < -0.4 is 4.72 Å².